The van der Waals surface area contributed by atoms with Crippen molar-refractivity contribution in [2.45, 2.75) is 25.9 Å². The molecular weight excluding hydrogens is 195 g/mol. The molecule has 1 aromatic rings. The number of rotatable bonds is 4. The van der Waals surface area contributed by atoms with Crippen molar-refractivity contribution in [1.29, 1.82) is 0 Å². The van der Waals surface area contributed by atoms with Gasteiger partial charge in [0.15, 0.2) is 0 Å². The molecule has 1 N–H and O–H groups in total. The van der Waals surface area contributed by atoms with Gasteiger partial charge in [-0.1, -0.05) is 0 Å². The maximum absolute atomic E-state index is 13.0. The van der Waals surface area contributed by atoms with E-state index in [-0.39, 0.29) is 5.82 Å². The fourth-order valence-electron chi connectivity index (χ4n) is 1.47. The van der Waals surface area contributed by atoms with E-state index in [1.807, 2.05) is 0 Å². The number of hydrogen-bond acceptors (Lipinski definition) is 2. The third-order valence-electron chi connectivity index (χ3n) is 2.59. The predicted octanol–water partition coefficient (Wildman–Crippen LogP) is 2.67. The zero-order chi connectivity index (χ0) is 10.8. The van der Waals surface area contributed by atoms with Crippen LogP contribution in [0, 0.1) is 11.7 Å². The molecule has 0 spiro atoms. The Kier molecular flexibility index (Phi) is 2.91. The van der Waals surface area contributed by atoms with Crippen LogP contribution in [-0.4, -0.2) is 11.7 Å². The van der Waals surface area contributed by atoms with Crippen LogP contribution in [0.3, 0.4) is 0 Å². The molecule has 0 radical (unpaired) electrons. The summed E-state index contributed by atoms with van der Waals surface area (Å²) in [6, 6.07) is 4.26. The molecule has 0 saturated heterocycles. The first-order valence-corrected chi connectivity index (χ1v) is 5.27. The number of aliphatic hydroxyl groups excluding tert-OH is 1. The monoisotopic (exact) mass is 210 g/mol. The standard InChI is InChI=1S/C12H15FO2/c1-8(14)11-6-10(13)4-5-12(11)15-7-9-2-3-9/h4-6,8-9,14H,2-3,7H2,1H3. The number of aliphatic hydroxyl groups is 1. The molecule has 15 heavy (non-hydrogen) atoms. The van der Waals surface area contributed by atoms with Crippen molar-refractivity contribution in [2.75, 3.05) is 6.61 Å². The lowest BCUT2D eigenvalue weighted by atomic mass is 10.1. The minimum Gasteiger partial charge on any atom is -0.493 e. The highest BCUT2D eigenvalue weighted by atomic mass is 19.1. The van der Waals surface area contributed by atoms with Gasteiger partial charge in [-0.3, -0.25) is 0 Å². The molecule has 3 heteroatoms. The summed E-state index contributed by atoms with van der Waals surface area (Å²) in [5.74, 6) is 0.903. The molecule has 1 atom stereocenters. The fourth-order valence-corrected chi connectivity index (χ4v) is 1.47. The molecule has 2 nitrogen and oxygen atoms in total. The molecule has 1 aromatic carbocycles. The van der Waals surface area contributed by atoms with Gasteiger partial charge in [-0.05, 0) is 43.9 Å². The minimum absolute atomic E-state index is 0.343. The van der Waals surface area contributed by atoms with Crippen LogP contribution in [0.2, 0.25) is 0 Å². The van der Waals surface area contributed by atoms with Crippen molar-refractivity contribution in [1.82, 2.24) is 0 Å². The number of halogens is 1. The Morgan fingerprint density at radius 1 is 1.53 bits per heavy atom. The molecule has 0 heterocycles. The van der Waals surface area contributed by atoms with Crippen LogP contribution in [-0.2, 0) is 0 Å². The highest BCUT2D eigenvalue weighted by molar-refractivity contribution is 5.35. The normalized spacial score (nSPS) is 17.5. The molecule has 1 aliphatic carbocycles. The van der Waals surface area contributed by atoms with Crippen molar-refractivity contribution in [2.24, 2.45) is 5.92 Å². The Hall–Kier alpha value is -1.09. The largest absolute Gasteiger partial charge is 0.493 e. The van der Waals surface area contributed by atoms with E-state index < -0.39 is 6.10 Å². The van der Waals surface area contributed by atoms with Crippen molar-refractivity contribution in [3.8, 4) is 5.75 Å². The van der Waals surface area contributed by atoms with Gasteiger partial charge in [-0.2, -0.15) is 0 Å². The second kappa shape index (κ2) is 4.19. The van der Waals surface area contributed by atoms with Crippen LogP contribution in [0.4, 0.5) is 4.39 Å². The Balaban J connectivity index is 2.12. The highest BCUT2D eigenvalue weighted by Crippen LogP contribution is 2.32. The van der Waals surface area contributed by atoms with Crippen LogP contribution in [0.15, 0.2) is 18.2 Å². The van der Waals surface area contributed by atoms with Gasteiger partial charge < -0.3 is 9.84 Å². The van der Waals surface area contributed by atoms with E-state index in [4.69, 9.17) is 4.74 Å². The van der Waals surface area contributed by atoms with E-state index in [0.717, 1.165) is 0 Å². The highest BCUT2D eigenvalue weighted by Gasteiger charge is 2.22. The molecule has 0 bridgehead atoms. The second-order valence-electron chi connectivity index (χ2n) is 4.11. The summed E-state index contributed by atoms with van der Waals surface area (Å²) in [6.45, 7) is 2.28. The SMILES string of the molecule is CC(O)c1cc(F)ccc1OCC1CC1. The van der Waals surface area contributed by atoms with Crippen molar-refractivity contribution in [3.63, 3.8) is 0 Å². The van der Waals surface area contributed by atoms with E-state index in [0.29, 0.717) is 23.8 Å². The number of hydrogen-bond donors (Lipinski definition) is 1. The van der Waals surface area contributed by atoms with Gasteiger partial charge in [-0.25, -0.2) is 4.39 Å². The lowest BCUT2D eigenvalue weighted by Crippen LogP contribution is -2.04. The Morgan fingerprint density at radius 2 is 2.27 bits per heavy atom. The quantitative estimate of drug-likeness (QED) is 0.827. The average molecular weight is 210 g/mol. The zero-order valence-electron chi connectivity index (χ0n) is 8.74. The van der Waals surface area contributed by atoms with E-state index in [2.05, 4.69) is 0 Å². The first kappa shape index (κ1) is 10.4. The van der Waals surface area contributed by atoms with Gasteiger partial charge in [0.2, 0.25) is 0 Å². The third kappa shape index (κ3) is 2.69. The lowest BCUT2D eigenvalue weighted by Gasteiger charge is -2.13. The van der Waals surface area contributed by atoms with Gasteiger partial charge in [0, 0.05) is 5.56 Å². The first-order valence-electron chi connectivity index (χ1n) is 5.27. The molecule has 1 saturated carbocycles. The smallest absolute Gasteiger partial charge is 0.125 e. The van der Waals surface area contributed by atoms with Gasteiger partial charge in [0.1, 0.15) is 11.6 Å². The summed E-state index contributed by atoms with van der Waals surface area (Å²) in [5, 5.41) is 9.46. The summed E-state index contributed by atoms with van der Waals surface area (Å²) < 4.78 is 18.5. The second-order valence-corrected chi connectivity index (χ2v) is 4.11. The van der Waals surface area contributed by atoms with Crippen LogP contribution < -0.4 is 4.74 Å². The Bertz CT molecular complexity index is 345. The zero-order valence-corrected chi connectivity index (χ0v) is 8.74. The number of benzene rings is 1. The molecule has 0 amide bonds. The van der Waals surface area contributed by atoms with E-state index in [1.165, 1.54) is 25.0 Å². The van der Waals surface area contributed by atoms with Crippen LogP contribution in [0.5, 0.6) is 5.75 Å². The third-order valence-corrected chi connectivity index (χ3v) is 2.59. The molecule has 2 rings (SSSR count). The molecule has 0 aromatic heterocycles. The maximum Gasteiger partial charge on any atom is 0.125 e. The molecular formula is C12H15FO2. The molecule has 82 valence electrons. The summed E-state index contributed by atoms with van der Waals surface area (Å²) in [5.41, 5.74) is 0.524. The van der Waals surface area contributed by atoms with Crippen molar-refractivity contribution < 1.29 is 14.2 Å². The van der Waals surface area contributed by atoms with Crippen LogP contribution >= 0.6 is 0 Å². The lowest BCUT2D eigenvalue weighted by molar-refractivity contribution is 0.189. The van der Waals surface area contributed by atoms with Crippen molar-refractivity contribution >= 4 is 0 Å². The van der Waals surface area contributed by atoms with Gasteiger partial charge >= 0.3 is 0 Å². The van der Waals surface area contributed by atoms with Crippen molar-refractivity contribution in [3.05, 3.63) is 29.6 Å². The summed E-state index contributed by atoms with van der Waals surface area (Å²) in [7, 11) is 0. The molecule has 0 aliphatic heterocycles. The Labute approximate surface area is 88.7 Å². The predicted molar refractivity (Wildman–Crippen MR) is 55.3 cm³/mol. The van der Waals surface area contributed by atoms with Gasteiger partial charge in [0.05, 0.1) is 12.7 Å². The molecule has 1 unspecified atom stereocenters. The summed E-state index contributed by atoms with van der Waals surface area (Å²) in [4.78, 5) is 0. The summed E-state index contributed by atoms with van der Waals surface area (Å²) >= 11 is 0. The Morgan fingerprint density at radius 3 is 2.87 bits per heavy atom. The summed E-state index contributed by atoms with van der Waals surface area (Å²) in [6.07, 6.45) is 1.73. The van der Waals surface area contributed by atoms with Crippen LogP contribution in [0.1, 0.15) is 31.4 Å². The molecule has 1 aliphatic rings. The van der Waals surface area contributed by atoms with Gasteiger partial charge in [0.25, 0.3) is 0 Å². The van der Waals surface area contributed by atoms with Crippen LogP contribution in [0.25, 0.3) is 0 Å². The topological polar surface area (TPSA) is 29.5 Å². The first-order chi connectivity index (χ1) is 7.16. The minimum atomic E-state index is -0.699. The van der Waals surface area contributed by atoms with E-state index >= 15 is 0 Å². The van der Waals surface area contributed by atoms with Gasteiger partial charge in [-0.15, -0.1) is 0 Å². The van der Waals surface area contributed by atoms with E-state index in [9.17, 15) is 9.50 Å². The maximum atomic E-state index is 13.0. The number of ether oxygens (including phenoxy) is 1. The molecule has 1 fully saturated rings. The average Bonchev–Trinajstić information content (AvgIpc) is 2.99. The fraction of sp³-hybridized carbons (Fsp3) is 0.500. The van der Waals surface area contributed by atoms with E-state index in [1.54, 1.807) is 13.0 Å².